The molecule has 0 aliphatic carbocycles. The Hall–Kier alpha value is -3.44. The second-order valence-electron chi connectivity index (χ2n) is 8.00. The molecule has 0 saturated carbocycles. The number of nitrogens with zero attached hydrogens (tertiary/aromatic N) is 3. The van der Waals surface area contributed by atoms with E-state index in [4.69, 9.17) is 9.72 Å². The van der Waals surface area contributed by atoms with Crippen molar-refractivity contribution in [1.29, 1.82) is 0 Å². The van der Waals surface area contributed by atoms with Crippen molar-refractivity contribution in [2.75, 3.05) is 20.1 Å². The van der Waals surface area contributed by atoms with Gasteiger partial charge in [-0.15, -0.1) is 0 Å². The predicted octanol–water partition coefficient (Wildman–Crippen LogP) is 3.73. The molecule has 3 heterocycles. The Bertz CT molecular complexity index is 1270. The lowest BCUT2D eigenvalue weighted by atomic mass is 10.0. The zero-order valence-corrected chi connectivity index (χ0v) is 17.7. The molecule has 32 heavy (non-hydrogen) atoms. The number of nitrogens with one attached hydrogen (secondary N) is 1. The fourth-order valence-corrected chi connectivity index (χ4v) is 4.28. The summed E-state index contributed by atoms with van der Waals surface area (Å²) in [5.74, 6) is 7.06. The van der Waals surface area contributed by atoms with Crippen LogP contribution in [0.2, 0.25) is 0 Å². The van der Waals surface area contributed by atoms with Gasteiger partial charge in [-0.1, -0.05) is 24.8 Å². The molecule has 1 fully saturated rings. The largest absolute Gasteiger partial charge is 0.433 e. The molecule has 2 aliphatic heterocycles. The first-order valence-corrected chi connectivity index (χ1v) is 10.6. The number of fused-ring (bicyclic) bond motifs is 5. The van der Waals surface area contributed by atoms with Gasteiger partial charge in [0.05, 0.1) is 22.6 Å². The Morgan fingerprint density at radius 2 is 2.09 bits per heavy atom. The van der Waals surface area contributed by atoms with Crippen LogP contribution in [0.4, 0.5) is 8.78 Å². The molecule has 8 heteroatoms. The summed E-state index contributed by atoms with van der Waals surface area (Å²) < 4.78 is 33.1. The molecular weight excluding hydrogens is 414 g/mol. The van der Waals surface area contributed by atoms with Crippen molar-refractivity contribution >= 4 is 16.9 Å². The number of halogens is 2. The Morgan fingerprint density at radius 1 is 1.28 bits per heavy atom. The maximum Gasteiger partial charge on any atom is 0.387 e. The molecule has 2 aromatic carbocycles. The molecule has 1 N–H and O–H groups in total. The van der Waals surface area contributed by atoms with Gasteiger partial charge < -0.3 is 15.0 Å². The van der Waals surface area contributed by atoms with Gasteiger partial charge >= 0.3 is 6.61 Å². The van der Waals surface area contributed by atoms with Gasteiger partial charge in [-0.25, -0.2) is 4.98 Å². The molecule has 1 amide bonds. The highest BCUT2D eigenvalue weighted by atomic mass is 19.3. The SMILES string of the molecule is CCC1c2nc3ccc(C#CC4CNC4)cc3n2-c2c(OC(F)F)cccc2C(=O)N1C. The minimum Gasteiger partial charge on any atom is -0.433 e. The highest BCUT2D eigenvalue weighted by molar-refractivity contribution is 6.00. The van der Waals surface area contributed by atoms with Crippen LogP contribution in [0.15, 0.2) is 36.4 Å². The summed E-state index contributed by atoms with van der Waals surface area (Å²) in [5, 5.41) is 3.19. The molecule has 164 valence electrons. The van der Waals surface area contributed by atoms with Gasteiger partial charge in [-0.2, -0.15) is 8.78 Å². The Balaban J connectivity index is 1.78. The zero-order chi connectivity index (χ0) is 22.4. The standard InChI is InChI=1S/C24H22F2N4O2/c1-3-18-22-28-17-10-9-14(7-8-15-12-27-13-15)11-19(17)30(22)21-16(23(31)29(18)2)5-4-6-20(21)32-24(25)26/h4-6,9-11,15,18,24,27H,3,12-13H2,1-2H3. The number of hydrogen-bond acceptors (Lipinski definition) is 4. The average molecular weight is 436 g/mol. The number of alkyl halides is 2. The molecule has 1 saturated heterocycles. The first-order valence-electron chi connectivity index (χ1n) is 10.6. The minimum atomic E-state index is -3.02. The van der Waals surface area contributed by atoms with Crippen LogP contribution < -0.4 is 10.1 Å². The van der Waals surface area contributed by atoms with Crippen LogP contribution in [0, 0.1) is 17.8 Å². The van der Waals surface area contributed by atoms with E-state index in [1.165, 1.54) is 6.07 Å². The maximum absolute atomic E-state index is 13.2. The Morgan fingerprint density at radius 3 is 2.78 bits per heavy atom. The third-order valence-electron chi connectivity index (χ3n) is 6.02. The first kappa shape index (κ1) is 20.5. The summed E-state index contributed by atoms with van der Waals surface area (Å²) in [6, 6.07) is 10.0. The minimum absolute atomic E-state index is 0.0615. The van der Waals surface area contributed by atoms with Crippen molar-refractivity contribution in [2.24, 2.45) is 5.92 Å². The molecular formula is C24H22F2N4O2. The summed E-state index contributed by atoms with van der Waals surface area (Å²) in [6.07, 6.45) is 0.617. The number of aromatic nitrogens is 2. The van der Waals surface area contributed by atoms with Gasteiger partial charge in [-0.05, 0) is 36.8 Å². The van der Waals surface area contributed by atoms with Gasteiger partial charge in [-0.3, -0.25) is 9.36 Å². The molecule has 1 unspecified atom stereocenters. The van der Waals surface area contributed by atoms with E-state index >= 15 is 0 Å². The molecule has 5 rings (SSSR count). The molecule has 0 spiro atoms. The van der Waals surface area contributed by atoms with Crippen LogP contribution in [-0.4, -0.2) is 47.1 Å². The first-order chi connectivity index (χ1) is 15.5. The van der Waals surface area contributed by atoms with Crippen LogP contribution in [0.3, 0.4) is 0 Å². The lowest BCUT2D eigenvalue weighted by molar-refractivity contribution is -0.0498. The van der Waals surface area contributed by atoms with Gasteiger partial charge in [0, 0.05) is 31.6 Å². The van der Waals surface area contributed by atoms with Crippen LogP contribution in [-0.2, 0) is 0 Å². The van der Waals surface area contributed by atoms with Crippen molar-refractivity contribution < 1.29 is 18.3 Å². The fourth-order valence-electron chi connectivity index (χ4n) is 4.28. The number of amides is 1. The molecule has 1 atom stereocenters. The highest BCUT2D eigenvalue weighted by Crippen LogP contribution is 2.40. The molecule has 2 aliphatic rings. The summed E-state index contributed by atoms with van der Waals surface area (Å²) >= 11 is 0. The van der Waals surface area contributed by atoms with Crippen molar-refractivity contribution in [3.63, 3.8) is 0 Å². The Labute approximate surface area is 184 Å². The quantitative estimate of drug-likeness (QED) is 0.636. The monoisotopic (exact) mass is 436 g/mol. The maximum atomic E-state index is 13.2. The number of carbonyl (C=O) groups excluding carboxylic acids is 1. The number of carbonyl (C=O) groups is 1. The lowest BCUT2D eigenvalue weighted by Gasteiger charge is -2.24. The molecule has 0 radical (unpaired) electrons. The van der Waals surface area contributed by atoms with E-state index in [2.05, 4.69) is 17.2 Å². The second-order valence-corrected chi connectivity index (χ2v) is 8.00. The van der Waals surface area contributed by atoms with Crippen molar-refractivity contribution in [3.05, 3.63) is 53.3 Å². The van der Waals surface area contributed by atoms with Gasteiger partial charge in [0.2, 0.25) is 0 Å². The summed E-state index contributed by atoms with van der Waals surface area (Å²) in [5.41, 5.74) is 2.78. The third-order valence-corrected chi connectivity index (χ3v) is 6.02. The number of imidazole rings is 1. The highest BCUT2D eigenvalue weighted by Gasteiger charge is 2.35. The van der Waals surface area contributed by atoms with Crippen LogP contribution in [0.5, 0.6) is 5.75 Å². The van der Waals surface area contributed by atoms with Crippen molar-refractivity contribution in [1.82, 2.24) is 19.8 Å². The van der Waals surface area contributed by atoms with E-state index in [0.29, 0.717) is 34.8 Å². The van der Waals surface area contributed by atoms with Gasteiger partial charge in [0.15, 0.2) is 5.75 Å². The predicted molar refractivity (Wildman–Crippen MR) is 116 cm³/mol. The summed E-state index contributed by atoms with van der Waals surface area (Å²) in [7, 11) is 1.71. The number of benzene rings is 2. The van der Waals surface area contributed by atoms with E-state index < -0.39 is 6.61 Å². The van der Waals surface area contributed by atoms with E-state index in [9.17, 15) is 13.6 Å². The molecule has 3 aromatic rings. The number of rotatable bonds is 3. The number of para-hydroxylation sites is 1. The van der Waals surface area contributed by atoms with E-state index in [0.717, 1.165) is 18.7 Å². The average Bonchev–Trinajstić information content (AvgIpc) is 3.06. The fraction of sp³-hybridized carbons (Fsp3) is 0.333. The van der Waals surface area contributed by atoms with Crippen molar-refractivity contribution in [3.8, 4) is 23.3 Å². The third kappa shape index (κ3) is 3.30. The van der Waals surface area contributed by atoms with Crippen molar-refractivity contribution in [2.45, 2.75) is 26.0 Å². The topological polar surface area (TPSA) is 59.4 Å². The summed E-state index contributed by atoms with van der Waals surface area (Å²) in [6.45, 7) is 0.709. The number of hydrogen-bond donors (Lipinski definition) is 1. The van der Waals surface area contributed by atoms with Crippen LogP contribution in [0.25, 0.3) is 16.7 Å². The molecule has 1 aromatic heterocycles. The van der Waals surface area contributed by atoms with Gasteiger partial charge in [0.25, 0.3) is 5.91 Å². The van der Waals surface area contributed by atoms with E-state index in [1.54, 1.807) is 28.6 Å². The van der Waals surface area contributed by atoms with Gasteiger partial charge in [0.1, 0.15) is 11.5 Å². The van der Waals surface area contributed by atoms with E-state index in [-0.39, 0.29) is 23.4 Å². The normalized spacial score (nSPS) is 18.0. The van der Waals surface area contributed by atoms with Crippen LogP contribution in [0.1, 0.15) is 41.1 Å². The summed E-state index contributed by atoms with van der Waals surface area (Å²) in [4.78, 5) is 19.7. The Kier molecular flexibility index (Phi) is 5.06. The smallest absolute Gasteiger partial charge is 0.387 e. The van der Waals surface area contributed by atoms with E-state index in [1.807, 2.05) is 25.1 Å². The second kappa shape index (κ2) is 7.92. The van der Waals surface area contributed by atoms with Crippen LogP contribution >= 0.6 is 0 Å². The zero-order valence-electron chi connectivity index (χ0n) is 17.7. The molecule has 0 bridgehead atoms. The molecule has 6 nitrogen and oxygen atoms in total. The number of ether oxygens (including phenoxy) is 1. The lowest BCUT2D eigenvalue weighted by Crippen LogP contribution is -2.40.